The Morgan fingerprint density at radius 3 is 1.51 bits per heavy atom. The van der Waals surface area contributed by atoms with Gasteiger partial charge in [-0.05, 0) is 19.3 Å². The van der Waals surface area contributed by atoms with Gasteiger partial charge >= 0.3 is 23.9 Å². The normalized spacial score (nSPS) is 21.0. The molecule has 6 N–H and O–H groups in total. The van der Waals surface area contributed by atoms with E-state index >= 15 is 0 Å². The molecule has 0 aliphatic carbocycles. The highest BCUT2D eigenvalue weighted by molar-refractivity contribution is 5.95. The van der Waals surface area contributed by atoms with Crippen molar-refractivity contribution in [2.75, 3.05) is 85.1 Å². The second-order valence-electron chi connectivity index (χ2n) is 11.7. The number of carboxylic acid groups (broad SMARTS) is 3. The van der Waals surface area contributed by atoms with Crippen LogP contribution in [0.15, 0.2) is 0 Å². The fourth-order valence-electron chi connectivity index (χ4n) is 4.92. The predicted octanol–water partition coefficient (Wildman–Crippen LogP) is -3.53. The first-order chi connectivity index (χ1) is 22.2. The highest BCUT2D eigenvalue weighted by Crippen LogP contribution is 2.24. The third-order valence-corrected chi connectivity index (χ3v) is 7.31. The largest absolute Gasteiger partial charge is 0.480 e. The van der Waals surface area contributed by atoms with Crippen LogP contribution in [0.1, 0.15) is 27.2 Å². The van der Waals surface area contributed by atoms with Gasteiger partial charge in [0.15, 0.2) is 12.2 Å². The molecule has 0 radical (unpaired) electrons. The maximum Gasteiger partial charge on any atom is 0.338 e. The van der Waals surface area contributed by atoms with Gasteiger partial charge in [-0.15, -0.1) is 0 Å². The van der Waals surface area contributed by atoms with Gasteiger partial charge in [-0.2, -0.15) is 0 Å². The number of carboxylic acids is 3. The Balaban J connectivity index is 2.03. The van der Waals surface area contributed by atoms with Crippen LogP contribution in [0.25, 0.3) is 0 Å². The van der Waals surface area contributed by atoms with E-state index in [9.17, 15) is 48.9 Å². The molecule has 3 amide bonds. The van der Waals surface area contributed by atoms with Crippen molar-refractivity contribution in [2.45, 2.75) is 45.4 Å². The third kappa shape index (κ3) is 15.5. The minimum absolute atomic E-state index is 0.0243. The molecule has 2 rings (SSSR count). The Morgan fingerprint density at radius 2 is 1.13 bits per heavy atom. The number of amides is 3. The van der Waals surface area contributed by atoms with Crippen LogP contribution in [0.5, 0.6) is 0 Å². The SMILES string of the molecule is CCOC(=O)[C@H]1OC1C(=O)N[C@@H](CC(C)C)C(=O)NNC(=O)CN1CCN(CC(=O)O)CCN(CC(=O)O)CCN(CC(=O)O)CC1. The van der Waals surface area contributed by atoms with Gasteiger partial charge in [-0.1, -0.05) is 13.8 Å². The predicted molar refractivity (Wildman–Crippen MR) is 162 cm³/mol. The summed E-state index contributed by atoms with van der Waals surface area (Å²) < 4.78 is 9.94. The van der Waals surface area contributed by atoms with Crippen LogP contribution in [0.4, 0.5) is 0 Å². The number of esters is 1. The quantitative estimate of drug-likeness (QED) is 0.0560. The molecule has 2 heterocycles. The summed E-state index contributed by atoms with van der Waals surface area (Å²) >= 11 is 0. The number of hydrazine groups is 1. The van der Waals surface area contributed by atoms with Crippen molar-refractivity contribution in [3.05, 3.63) is 0 Å². The minimum Gasteiger partial charge on any atom is -0.480 e. The van der Waals surface area contributed by atoms with Crippen molar-refractivity contribution in [3.8, 4) is 0 Å². The summed E-state index contributed by atoms with van der Waals surface area (Å²) in [5.41, 5.74) is 4.64. The van der Waals surface area contributed by atoms with Crippen molar-refractivity contribution in [2.24, 2.45) is 5.92 Å². The minimum atomic E-state index is -1.08. The lowest BCUT2D eigenvalue weighted by atomic mass is 10.0. The zero-order chi connectivity index (χ0) is 35.1. The van der Waals surface area contributed by atoms with Crippen molar-refractivity contribution >= 4 is 41.6 Å². The molecule has 0 saturated carbocycles. The third-order valence-electron chi connectivity index (χ3n) is 7.31. The molecule has 2 fully saturated rings. The number of aliphatic carboxylic acids is 3. The van der Waals surface area contributed by atoms with E-state index in [1.54, 1.807) is 26.5 Å². The smallest absolute Gasteiger partial charge is 0.338 e. The number of hydrogen-bond donors (Lipinski definition) is 6. The molecular weight excluding hydrogens is 626 g/mol. The first-order valence-corrected chi connectivity index (χ1v) is 15.4. The number of carbonyl (C=O) groups is 7. The summed E-state index contributed by atoms with van der Waals surface area (Å²) in [4.78, 5) is 91.1. The van der Waals surface area contributed by atoms with Gasteiger partial charge in [0.2, 0.25) is 0 Å². The van der Waals surface area contributed by atoms with E-state index in [1.165, 1.54) is 0 Å². The van der Waals surface area contributed by atoms with Crippen LogP contribution in [0.3, 0.4) is 0 Å². The van der Waals surface area contributed by atoms with E-state index < -0.39 is 59.8 Å². The topological polar surface area (TPSA) is 251 Å². The number of ether oxygens (including phenoxy) is 2. The fourth-order valence-corrected chi connectivity index (χ4v) is 4.92. The lowest BCUT2D eigenvalue weighted by molar-refractivity contribution is -0.145. The molecule has 0 aromatic carbocycles. The molecule has 0 aromatic rings. The molecule has 266 valence electrons. The molecule has 2 aliphatic rings. The van der Waals surface area contributed by atoms with E-state index in [1.807, 2.05) is 13.8 Å². The van der Waals surface area contributed by atoms with Crippen LogP contribution in [0.2, 0.25) is 0 Å². The number of nitrogens with one attached hydrogen (secondary N) is 3. The van der Waals surface area contributed by atoms with Gasteiger partial charge in [0.05, 0.1) is 32.8 Å². The van der Waals surface area contributed by atoms with Crippen molar-refractivity contribution in [1.29, 1.82) is 0 Å². The lowest BCUT2D eigenvalue weighted by Gasteiger charge is -2.32. The standard InChI is InChI=1S/C28H47N7O12/c1-4-46-28(45)25-24(47-25)27(44)29-19(13-18(2)3)26(43)31-30-20(36)14-32-5-7-33(15-21(37)38)9-11-35(17-23(41)42)12-10-34(8-6-32)16-22(39)40/h18-19,24-25H,4-17H2,1-3H3,(H,29,44)(H,30,36)(H,31,43)(H,37,38)(H,39,40)(H,41,42)/t19-,24?,25-/m0/s1. The molecule has 0 spiro atoms. The van der Waals surface area contributed by atoms with Crippen LogP contribution >= 0.6 is 0 Å². The van der Waals surface area contributed by atoms with E-state index in [2.05, 4.69) is 16.2 Å². The van der Waals surface area contributed by atoms with Crippen LogP contribution in [0, 0.1) is 5.92 Å². The van der Waals surface area contributed by atoms with Gasteiger partial charge in [0.25, 0.3) is 17.7 Å². The highest BCUT2D eigenvalue weighted by Gasteiger charge is 2.52. The summed E-state index contributed by atoms with van der Waals surface area (Å²) in [5, 5.41) is 30.6. The Kier molecular flexibility index (Phi) is 16.4. The van der Waals surface area contributed by atoms with E-state index in [0.29, 0.717) is 0 Å². The average molecular weight is 674 g/mol. The van der Waals surface area contributed by atoms with Crippen molar-refractivity contribution in [1.82, 2.24) is 35.8 Å². The molecule has 19 heteroatoms. The lowest BCUT2D eigenvalue weighted by Crippen LogP contribution is -2.55. The number of carbonyl (C=O) groups excluding carboxylic acids is 4. The van der Waals surface area contributed by atoms with Crippen molar-refractivity contribution in [3.63, 3.8) is 0 Å². The molecular formula is C28H47N7O12. The second kappa shape index (κ2) is 19.7. The summed E-state index contributed by atoms with van der Waals surface area (Å²) in [7, 11) is 0. The maximum absolute atomic E-state index is 13.0. The van der Waals surface area contributed by atoms with Crippen LogP contribution < -0.4 is 16.2 Å². The zero-order valence-electron chi connectivity index (χ0n) is 27.0. The second-order valence-corrected chi connectivity index (χ2v) is 11.7. The van der Waals surface area contributed by atoms with Gasteiger partial charge in [-0.3, -0.25) is 59.2 Å². The number of nitrogens with zero attached hydrogens (tertiary/aromatic N) is 4. The Hall–Kier alpha value is -3.91. The van der Waals surface area contributed by atoms with Gasteiger partial charge in [-0.25, -0.2) is 4.79 Å². The summed E-state index contributed by atoms with van der Waals surface area (Å²) in [5.74, 6) is -5.90. The Labute approximate surface area is 272 Å². The Morgan fingerprint density at radius 1 is 0.702 bits per heavy atom. The molecule has 0 bridgehead atoms. The van der Waals surface area contributed by atoms with Gasteiger partial charge < -0.3 is 30.1 Å². The fraction of sp³-hybridized carbons (Fsp3) is 0.750. The molecule has 19 nitrogen and oxygen atoms in total. The maximum atomic E-state index is 13.0. The molecule has 2 saturated heterocycles. The Bertz CT molecular complexity index is 1090. The summed E-state index contributed by atoms with van der Waals surface area (Å²) in [6.07, 6.45) is -1.90. The zero-order valence-corrected chi connectivity index (χ0v) is 27.0. The van der Waals surface area contributed by atoms with Crippen LogP contribution in [-0.4, -0.2) is 180 Å². The molecule has 47 heavy (non-hydrogen) atoms. The average Bonchev–Trinajstić information content (AvgIpc) is 3.77. The highest BCUT2D eigenvalue weighted by atomic mass is 16.6. The number of hydrogen-bond acceptors (Lipinski definition) is 13. The molecule has 0 aromatic heterocycles. The summed E-state index contributed by atoms with van der Waals surface area (Å²) in [6.45, 7) is 6.04. The molecule has 2 aliphatic heterocycles. The first kappa shape index (κ1) is 39.3. The van der Waals surface area contributed by atoms with Crippen LogP contribution in [-0.2, 0) is 43.0 Å². The molecule has 3 atom stereocenters. The van der Waals surface area contributed by atoms with Gasteiger partial charge in [0, 0.05) is 52.4 Å². The van der Waals surface area contributed by atoms with E-state index in [-0.39, 0.29) is 97.5 Å². The first-order valence-electron chi connectivity index (χ1n) is 15.4. The van der Waals surface area contributed by atoms with E-state index in [4.69, 9.17) is 9.47 Å². The van der Waals surface area contributed by atoms with E-state index in [0.717, 1.165) is 0 Å². The van der Waals surface area contributed by atoms with Gasteiger partial charge in [0.1, 0.15) is 6.04 Å². The number of epoxide rings is 1. The molecule has 1 unspecified atom stereocenters. The van der Waals surface area contributed by atoms with Crippen molar-refractivity contribution < 1.29 is 58.4 Å². The number of rotatable bonds is 15. The monoisotopic (exact) mass is 673 g/mol. The summed E-state index contributed by atoms with van der Waals surface area (Å²) in [6, 6.07) is -1.05.